The molecule has 1 aliphatic rings. The van der Waals surface area contributed by atoms with Gasteiger partial charge >= 0.3 is 0 Å². The van der Waals surface area contributed by atoms with Gasteiger partial charge in [-0.1, -0.05) is 0 Å². The smallest absolute Gasteiger partial charge is 0.126 e. The molecule has 52 valence electrons. The van der Waals surface area contributed by atoms with Crippen molar-refractivity contribution in [2.24, 2.45) is 16.6 Å². The zero-order valence-electron chi connectivity index (χ0n) is 6.05. The Bertz CT molecular complexity index is 255. The molecule has 1 rings (SSSR count). The first-order valence-electron chi connectivity index (χ1n) is 3.08. The molecular formula is C7H9N3. The monoisotopic (exact) mass is 135 g/mol. The molecule has 0 spiro atoms. The Morgan fingerprint density at radius 1 is 1.60 bits per heavy atom. The number of hydrogen-bond donors (Lipinski definition) is 1. The van der Waals surface area contributed by atoms with Crippen molar-refractivity contribution in [2.75, 3.05) is 0 Å². The second kappa shape index (κ2) is 2.14. The predicted molar refractivity (Wildman–Crippen MR) is 39.1 cm³/mol. The van der Waals surface area contributed by atoms with E-state index in [2.05, 4.69) is 11.1 Å². The van der Waals surface area contributed by atoms with Crippen molar-refractivity contribution in [3.05, 3.63) is 11.3 Å². The molecule has 1 heterocycles. The van der Waals surface area contributed by atoms with Crippen molar-refractivity contribution in [3.63, 3.8) is 0 Å². The third-order valence-corrected chi connectivity index (χ3v) is 1.73. The molecule has 10 heavy (non-hydrogen) atoms. The maximum absolute atomic E-state index is 8.58. The van der Waals surface area contributed by atoms with E-state index in [1.54, 1.807) is 0 Å². The van der Waals surface area contributed by atoms with Gasteiger partial charge in [0.05, 0.1) is 6.07 Å². The number of hydrogen-bond acceptors (Lipinski definition) is 3. The number of amidine groups is 1. The number of aliphatic imine (C=N–C) groups is 1. The molecule has 0 unspecified atom stereocenters. The summed E-state index contributed by atoms with van der Waals surface area (Å²) in [5, 5.41) is 8.58. The van der Waals surface area contributed by atoms with Gasteiger partial charge in [0.25, 0.3) is 0 Å². The first-order valence-corrected chi connectivity index (χ1v) is 3.08. The molecule has 0 aliphatic carbocycles. The molecule has 1 aliphatic heterocycles. The van der Waals surface area contributed by atoms with E-state index in [-0.39, 0.29) is 5.92 Å². The van der Waals surface area contributed by atoms with Crippen LogP contribution in [0.4, 0.5) is 0 Å². The largest absolute Gasteiger partial charge is 0.386 e. The zero-order valence-corrected chi connectivity index (χ0v) is 6.05. The fraction of sp³-hybridized carbons (Fsp3) is 0.429. The molecule has 0 aromatic rings. The van der Waals surface area contributed by atoms with Crippen LogP contribution in [0.5, 0.6) is 0 Å². The van der Waals surface area contributed by atoms with E-state index in [1.165, 1.54) is 0 Å². The second-order valence-electron chi connectivity index (χ2n) is 2.37. The van der Waals surface area contributed by atoms with Crippen molar-refractivity contribution in [1.82, 2.24) is 0 Å². The standard InChI is InChI=1S/C7H9N3/c1-4-5(2)10-7(9)6(4)3-8/h6H,1-2H3,(H2,9,10)/t6-/m0/s1. The van der Waals surface area contributed by atoms with E-state index in [0.29, 0.717) is 5.84 Å². The zero-order chi connectivity index (χ0) is 7.72. The van der Waals surface area contributed by atoms with Crippen LogP contribution >= 0.6 is 0 Å². The Morgan fingerprint density at radius 3 is 2.40 bits per heavy atom. The van der Waals surface area contributed by atoms with Crippen molar-refractivity contribution in [2.45, 2.75) is 13.8 Å². The molecule has 0 radical (unpaired) electrons. The molecular weight excluding hydrogens is 126 g/mol. The van der Waals surface area contributed by atoms with Crippen molar-refractivity contribution >= 4 is 5.84 Å². The number of rotatable bonds is 0. The lowest BCUT2D eigenvalue weighted by Crippen LogP contribution is -2.19. The van der Waals surface area contributed by atoms with Gasteiger partial charge in [-0.05, 0) is 19.4 Å². The summed E-state index contributed by atoms with van der Waals surface area (Å²) in [5.41, 5.74) is 7.31. The summed E-state index contributed by atoms with van der Waals surface area (Å²) in [6, 6.07) is 2.08. The fourth-order valence-corrected chi connectivity index (χ4v) is 0.940. The normalized spacial score (nSPS) is 24.5. The van der Waals surface area contributed by atoms with E-state index >= 15 is 0 Å². The lowest BCUT2D eigenvalue weighted by Gasteiger charge is -1.98. The average Bonchev–Trinajstić information content (AvgIpc) is 2.09. The van der Waals surface area contributed by atoms with Crippen LogP contribution in [0.2, 0.25) is 0 Å². The van der Waals surface area contributed by atoms with Gasteiger partial charge in [0, 0.05) is 5.70 Å². The molecule has 0 amide bonds. The topological polar surface area (TPSA) is 62.2 Å². The van der Waals surface area contributed by atoms with E-state index in [4.69, 9.17) is 11.0 Å². The summed E-state index contributed by atoms with van der Waals surface area (Å²) in [6.45, 7) is 3.74. The summed E-state index contributed by atoms with van der Waals surface area (Å²) < 4.78 is 0. The lowest BCUT2D eigenvalue weighted by atomic mass is 10.0. The Morgan fingerprint density at radius 2 is 2.20 bits per heavy atom. The van der Waals surface area contributed by atoms with Crippen LogP contribution in [0, 0.1) is 17.2 Å². The van der Waals surface area contributed by atoms with Gasteiger partial charge in [-0.3, -0.25) is 0 Å². The maximum atomic E-state index is 8.58. The molecule has 0 saturated carbocycles. The Kier molecular flexibility index (Phi) is 1.46. The summed E-state index contributed by atoms with van der Waals surface area (Å²) in [4.78, 5) is 3.97. The quantitative estimate of drug-likeness (QED) is 0.533. The van der Waals surface area contributed by atoms with E-state index in [1.807, 2.05) is 13.8 Å². The molecule has 0 bridgehead atoms. The molecule has 3 nitrogen and oxygen atoms in total. The first kappa shape index (κ1) is 6.81. The van der Waals surface area contributed by atoms with E-state index in [9.17, 15) is 0 Å². The third kappa shape index (κ3) is 0.781. The number of nitrogens with zero attached hydrogens (tertiary/aromatic N) is 2. The van der Waals surface area contributed by atoms with Crippen LogP contribution in [0.1, 0.15) is 13.8 Å². The van der Waals surface area contributed by atoms with Crippen LogP contribution in [-0.4, -0.2) is 5.84 Å². The first-order chi connectivity index (χ1) is 4.66. The minimum absolute atomic E-state index is 0.278. The van der Waals surface area contributed by atoms with Gasteiger partial charge in [-0.25, -0.2) is 4.99 Å². The van der Waals surface area contributed by atoms with Crippen LogP contribution in [0.3, 0.4) is 0 Å². The Labute approximate surface area is 59.9 Å². The third-order valence-electron chi connectivity index (χ3n) is 1.73. The maximum Gasteiger partial charge on any atom is 0.126 e. The predicted octanol–water partition coefficient (Wildman–Crippen LogP) is 0.791. The highest BCUT2D eigenvalue weighted by Gasteiger charge is 2.21. The number of nitrogens with two attached hydrogens (primary N) is 1. The highest BCUT2D eigenvalue weighted by molar-refractivity contribution is 5.91. The van der Waals surface area contributed by atoms with E-state index in [0.717, 1.165) is 11.3 Å². The molecule has 2 N–H and O–H groups in total. The van der Waals surface area contributed by atoms with Crippen LogP contribution < -0.4 is 5.73 Å². The van der Waals surface area contributed by atoms with Crippen molar-refractivity contribution in [3.8, 4) is 6.07 Å². The molecule has 3 heteroatoms. The average molecular weight is 135 g/mol. The Hall–Kier alpha value is -1.30. The summed E-state index contributed by atoms with van der Waals surface area (Å²) in [5.74, 6) is 0.150. The number of nitriles is 1. The van der Waals surface area contributed by atoms with Gasteiger partial charge in [-0.2, -0.15) is 5.26 Å². The molecule has 0 fully saturated rings. The number of allylic oxidation sites excluding steroid dienone is 1. The minimum Gasteiger partial charge on any atom is -0.386 e. The minimum atomic E-state index is -0.278. The van der Waals surface area contributed by atoms with Gasteiger partial charge < -0.3 is 5.73 Å². The molecule has 1 atom stereocenters. The van der Waals surface area contributed by atoms with Crippen LogP contribution in [0.15, 0.2) is 16.3 Å². The van der Waals surface area contributed by atoms with Crippen molar-refractivity contribution < 1.29 is 0 Å². The van der Waals surface area contributed by atoms with Gasteiger partial charge in [0.1, 0.15) is 11.8 Å². The Balaban J connectivity index is 3.01. The van der Waals surface area contributed by atoms with Crippen molar-refractivity contribution in [1.29, 1.82) is 5.26 Å². The molecule has 0 aromatic carbocycles. The SMILES string of the molecule is CC1=C(C)[C@H](C#N)C(N)=N1. The van der Waals surface area contributed by atoms with Crippen LogP contribution in [-0.2, 0) is 0 Å². The highest BCUT2D eigenvalue weighted by Crippen LogP contribution is 2.22. The summed E-state index contributed by atoms with van der Waals surface area (Å²) in [6.07, 6.45) is 0. The summed E-state index contributed by atoms with van der Waals surface area (Å²) >= 11 is 0. The van der Waals surface area contributed by atoms with Gasteiger partial charge in [0.2, 0.25) is 0 Å². The van der Waals surface area contributed by atoms with Gasteiger partial charge in [0.15, 0.2) is 0 Å². The molecule has 0 aromatic heterocycles. The van der Waals surface area contributed by atoms with Gasteiger partial charge in [-0.15, -0.1) is 0 Å². The van der Waals surface area contributed by atoms with E-state index < -0.39 is 0 Å². The highest BCUT2D eigenvalue weighted by atomic mass is 14.9. The lowest BCUT2D eigenvalue weighted by molar-refractivity contribution is 1.04. The molecule has 0 saturated heterocycles. The fourth-order valence-electron chi connectivity index (χ4n) is 0.940. The van der Waals surface area contributed by atoms with Crippen LogP contribution in [0.25, 0.3) is 0 Å². The second-order valence-corrected chi connectivity index (χ2v) is 2.37. The summed E-state index contributed by atoms with van der Waals surface area (Å²) in [7, 11) is 0.